The van der Waals surface area contributed by atoms with Gasteiger partial charge in [0.1, 0.15) is 5.82 Å². The molecule has 2 aromatic carbocycles. The van der Waals surface area contributed by atoms with Crippen molar-refractivity contribution in [2.75, 3.05) is 30.4 Å². The normalized spacial score (nSPS) is 16.9. The number of carbonyl (C=O) groups is 3. The molecule has 3 aliphatic rings. The van der Waals surface area contributed by atoms with E-state index in [1.165, 1.54) is 29.4 Å². The minimum Gasteiger partial charge on any atom is -0.469 e. The Hall–Kier alpha value is -4.58. The van der Waals surface area contributed by atoms with Crippen molar-refractivity contribution < 1.29 is 23.5 Å². The third-order valence-corrected chi connectivity index (χ3v) is 9.84. The summed E-state index contributed by atoms with van der Waals surface area (Å²) in [5.41, 5.74) is 4.41. The zero-order valence-electron chi connectivity index (χ0n) is 24.9. The maximum Gasteiger partial charge on any atom is 0.305 e. The number of halogens is 1. The number of amides is 2. The Morgan fingerprint density at radius 1 is 1.11 bits per heavy atom. The van der Waals surface area contributed by atoms with Crippen LogP contribution in [0.15, 0.2) is 54.3 Å². The summed E-state index contributed by atoms with van der Waals surface area (Å²) in [4.78, 5) is 51.7. The molecule has 1 fully saturated rings. The number of nitrogens with zero attached hydrogens (tertiary/aromatic N) is 5. The van der Waals surface area contributed by atoms with Crippen LogP contribution in [0.4, 0.5) is 15.2 Å². The third kappa shape index (κ3) is 5.58. The SMILES string of the molecule is COC(=O)CC1CCN(c2ccc(-c3cc(F)c4c(c3)C(=O)N(C(C(=O)Nc3nccs3)c3ncn5c3CCC5)C4)cc2)CC1. The van der Waals surface area contributed by atoms with Gasteiger partial charge in [-0.3, -0.25) is 19.7 Å². The maximum atomic E-state index is 15.7. The molecule has 0 bridgehead atoms. The number of anilines is 2. The van der Waals surface area contributed by atoms with Crippen LogP contribution in [0.25, 0.3) is 11.1 Å². The minimum atomic E-state index is -1.03. The van der Waals surface area contributed by atoms with Crippen LogP contribution in [0.2, 0.25) is 0 Å². The summed E-state index contributed by atoms with van der Waals surface area (Å²) in [6.07, 6.45) is 7.27. The van der Waals surface area contributed by atoms with Gasteiger partial charge in [-0.2, -0.15) is 0 Å². The van der Waals surface area contributed by atoms with E-state index >= 15 is 4.39 Å². The molecule has 0 saturated carbocycles. The Kier molecular flexibility index (Phi) is 7.82. The van der Waals surface area contributed by atoms with Crippen LogP contribution in [0.3, 0.4) is 0 Å². The van der Waals surface area contributed by atoms with E-state index in [0.717, 1.165) is 62.3 Å². The summed E-state index contributed by atoms with van der Waals surface area (Å²) in [6.45, 7) is 2.46. The van der Waals surface area contributed by atoms with E-state index in [2.05, 4.69) is 20.2 Å². The second kappa shape index (κ2) is 12.1. The Labute approximate surface area is 263 Å². The quantitative estimate of drug-likeness (QED) is 0.267. The molecule has 4 aromatic rings. The van der Waals surface area contributed by atoms with Crippen LogP contribution in [0.5, 0.6) is 0 Å². The highest BCUT2D eigenvalue weighted by atomic mass is 32.1. The van der Waals surface area contributed by atoms with Crippen molar-refractivity contribution >= 4 is 39.9 Å². The van der Waals surface area contributed by atoms with Crippen molar-refractivity contribution in [3.8, 4) is 11.1 Å². The molecule has 0 aliphatic carbocycles. The maximum absolute atomic E-state index is 15.7. The van der Waals surface area contributed by atoms with Crippen molar-refractivity contribution in [2.24, 2.45) is 5.92 Å². The third-order valence-electron chi connectivity index (χ3n) is 9.15. The van der Waals surface area contributed by atoms with Crippen LogP contribution in [0, 0.1) is 11.7 Å². The number of carbonyl (C=O) groups excluding carboxylic acids is 3. The smallest absolute Gasteiger partial charge is 0.305 e. The fraction of sp³-hybridized carbons (Fsp3) is 0.364. The molecule has 12 heteroatoms. The van der Waals surface area contributed by atoms with E-state index in [1.54, 1.807) is 24.0 Å². The monoisotopic (exact) mass is 628 g/mol. The fourth-order valence-electron chi connectivity index (χ4n) is 6.74. The van der Waals surface area contributed by atoms with Crippen molar-refractivity contribution in [1.82, 2.24) is 19.4 Å². The molecule has 1 N–H and O–H groups in total. The van der Waals surface area contributed by atoms with Crippen molar-refractivity contribution in [3.05, 3.63) is 82.6 Å². The summed E-state index contributed by atoms with van der Waals surface area (Å²) in [6, 6.07) is 10.0. The number of imidazole rings is 1. The number of thiazole rings is 1. The van der Waals surface area contributed by atoms with Gasteiger partial charge in [-0.05, 0) is 67.0 Å². The van der Waals surface area contributed by atoms with Crippen molar-refractivity contribution in [3.63, 3.8) is 0 Å². The lowest BCUT2D eigenvalue weighted by Gasteiger charge is -2.33. The summed E-state index contributed by atoms with van der Waals surface area (Å²) in [7, 11) is 1.42. The summed E-state index contributed by atoms with van der Waals surface area (Å²) in [5.74, 6) is -1.15. The number of rotatable bonds is 8. The first-order valence-corrected chi connectivity index (χ1v) is 16.1. The lowest BCUT2D eigenvalue weighted by atomic mass is 9.93. The number of fused-ring (bicyclic) bond motifs is 2. The van der Waals surface area contributed by atoms with Crippen LogP contribution in [-0.2, 0) is 33.8 Å². The van der Waals surface area contributed by atoms with Gasteiger partial charge in [0.25, 0.3) is 11.8 Å². The second-order valence-electron chi connectivity index (χ2n) is 11.8. The molecule has 2 amide bonds. The number of hydrogen-bond donors (Lipinski definition) is 1. The first-order chi connectivity index (χ1) is 21.9. The largest absolute Gasteiger partial charge is 0.469 e. The summed E-state index contributed by atoms with van der Waals surface area (Å²) in [5, 5.41) is 5.01. The van der Waals surface area contributed by atoms with E-state index in [4.69, 9.17) is 4.74 Å². The van der Waals surface area contributed by atoms with E-state index in [-0.39, 0.29) is 23.6 Å². The molecule has 1 unspecified atom stereocenters. The number of aromatic nitrogens is 3. The van der Waals surface area contributed by atoms with Gasteiger partial charge in [0.05, 0.1) is 25.7 Å². The molecule has 5 heterocycles. The number of methoxy groups -OCH3 is 1. The van der Waals surface area contributed by atoms with Crippen molar-refractivity contribution in [2.45, 2.75) is 51.2 Å². The van der Waals surface area contributed by atoms with Gasteiger partial charge >= 0.3 is 5.97 Å². The molecule has 0 radical (unpaired) electrons. The Morgan fingerprint density at radius 3 is 2.64 bits per heavy atom. The van der Waals surface area contributed by atoms with Crippen molar-refractivity contribution in [1.29, 1.82) is 0 Å². The van der Waals surface area contributed by atoms with Gasteiger partial charge in [-0.1, -0.05) is 12.1 Å². The van der Waals surface area contributed by atoms with Gasteiger partial charge in [0.2, 0.25) is 0 Å². The first-order valence-electron chi connectivity index (χ1n) is 15.2. The molecule has 1 saturated heterocycles. The van der Waals surface area contributed by atoms with Gasteiger partial charge < -0.3 is 19.1 Å². The lowest BCUT2D eigenvalue weighted by Crippen LogP contribution is -2.38. The average molecular weight is 629 g/mol. The topological polar surface area (TPSA) is 110 Å². The van der Waals surface area contributed by atoms with E-state index in [9.17, 15) is 14.4 Å². The molecule has 45 heavy (non-hydrogen) atoms. The summed E-state index contributed by atoms with van der Waals surface area (Å²) < 4.78 is 22.5. The molecule has 10 nitrogen and oxygen atoms in total. The highest BCUT2D eigenvalue weighted by molar-refractivity contribution is 7.13. The number of hydrogen-bond acceptors (Lipinski definition) is 8. The number of esters is 1. The molecular weight excluding hydrogens is 595 g/mol. The second-order valence-corrected chi connectivity index (χ2v) is 12.7. The van der Waals surface area contributed by atoms with Gasteiger partial charge in [0, 0.05) is 60.1 Å². The first kappa shape index (κ1) is 29.1. The molecule has 2 aromatic heterocycles. The Morgan fingerprint density at radius 2 is 1.91 bits per heavy atom. The fourth-order valence-corrected chi connectivity index (χ4v) is 7.28. The highest BCUT2D eigenvalue weighted by Crippen LogP contribution is 2.38. The van der Waals surface area contributed by atoms with E-state index in [1.807, 2.05) is 28.8 Å². The molecule has 0 spiro atoms. The lowest BCUT2D eigenvalue weighted by molar-refractivity contribution is -0.141. The molecule has 232 valence electrons. The number of nitrogens with one attached hydrogen (secondary N) is 1. The Bertz CT molecular complexity index is 1750. The predicted octanol–water partition coefficient (Wildman–Crippen LogP) is 5.21. The van der Waals surface area contributed by atoms with Gasteiger partial charge in [-0.25, -0.2) is 14.4 Å². The van der Waals surface area contributed by atoms with Gasteiger partial charge in [-0.15, -0.1) is 11.3 Å². The molecule has 3 aliphatic heterocycles. The Balaban J connectivity index is 1.12. The number of ether oxygens (including phenoxy) is 1. The minimum absolute atomic E-state index is 0.0343. The van der Waals surface area contributed by atoms with Crippen LogP contribution >= 0.6 is 11.3 Å². The molecule has 1 atom stereocenters. The van der Waals surface area contributed by atoms with Crippen LogP contribution in [0.1, 0.15) is 59.0 Å². The van der Waals surface area contributed by atoms with Gasteiger partial charge in [0.15, 0.2) is 11.2 Å². The van der Waals surface area contributed by atoms with E-state index in [0.29, 0.717) is 28.7 Å². The number of aryl methyl sites for hydroxylation is 1. The van der Waals surface area contributed by atoms with Crippen LogP contribution < -0.4 is 10.2 Å². The number of benzene rings is 2. The zero-order chi connectivity index (χ0) is 31.1. The van der Waals surface area contributed by atoms with E-state index < -0.39 is 23.7 Å². The summed E-state index contributed by atoms with van der Waals surface area (Å²) >= 11 is 1.28. The number of piperidine rings is 1. The average Bonchev–Trinajstić information content (AvgIpc) is 3.86. The molecule has 7 rings (SSSR count). The predicted molar refractivity (Wildman–Crippen MR) is 167 cm³/mol. The molecular formula is C33H33FN6O4S. The van der Waals surface area contributed by atoms with Crippen LogP contribution in [-0.4, -0.2) is 57.4 Å². The highest BCUT2D eigenvalue weighted by Gasteiger charge is 2.42. The standard InChI is InChI=1S/C33H33FN6O4S/c1-44-28(41)15-20-8-12-38(13-9-20)23-6-4-21(5-7-23)22-16-24-25(26(34)17-22)18-40(32(24)43)30(31(42)37-33-35-10-14-45-33)29-27-3-2-11-39(27)19-36-29/h4-7,10,14,16-17,19-20,30H,2-3,8-9,11-13,15,18H2,1H3,(H,35,37,42). The zero-order valence-corrected chi connectivity index (χ0v) is 25.7.